The Kier molecular flexibility index (Phi) is 5.62. The quantitative estimate of drug-likeness (QED) is 0.659. The van der Waals surface area contributed by atoms with E-state index in [-0.39, 0.29) is 17.2 Å². The number of nitrogens with zero attached hydrogens (tertiary/aromatic N) is 3. The average molecular weight is 374 g/mol. The second kappa shape index (κ2) is 8.09. The van der Waals surface area contributed by atoms with Gasteiger partial charge >= 0.3 is 0 Å². The van der Waals surface area contributed by atoms with Gasteiger partial charge in [0.1, 0.15) is 0 Å². The molecule has 0 saturated carbocycles. The number of alkyl halides is 2. The molecule has 1 N–H and O–H groups in total. The molecule has 5 nitrogen and oxygen atoms in total. The second-order valence-electron chi connectivity index (χ2n) is 5.49. The van der Waals surface area contributed by atoms with Crippen LogP contribution in [-0.4, -0.2) is 26.4 Å². The van der Waals surface area contributed by atoms with Crippen LogP contribution in [0.4, 0.5) is 14.5 Å². The Morgan fingerprint density at radius 3 is 2.46 bits per heavy atom. The summed E-state index contributed by atoms with van der Waals surface area (Å²) in [5.74, 6) is 0.609. The molecule has 8 heteroatoms. The van der Waals surface area contributed by atoms with E-state index < -0.39 is 6.43 Å². The number of aromatic nitrogens is 3. The van der Waals surface area contributed by atoms with Gasteiger partial charge in [-0.1, -0.05) is 54.2 Å². The van der Waals surface area contributed by atoms with Crippen LogP contribution in [0.1, 0.15) is 12.0 Å². The minimum Gasteiger partial charge on any atom is -0.325 e. The highest BCUT2D eigenvalue weighted by atomic mass is 32.2. The minimum atomic E-state index is -2.52. The summed E-state index contributed by atoms with van der Waals surface area (Å²) in [6, 6.07) is 15.1. The van der Waals surface area contributed by atoms with Crippen LogP contribution in [0.3, 0.4) is 0 Å². The molecule has 1 aromatic heterocycles. The zero-order valence-corrected chi connectivity index (χ0v) is 14.7. The van der Waals surface area contributed by atoms with Crippen molar-refractivity contribution >= 4 is 23.4 Å². The van der Waals surface area contributed by atoms with Gasteiger partial charge in [-0.3, -0.25) is 4.79 Å². The Morgan fingerprint density at radius 1 is 1.12 bits per heavy atom. The highest BCUT2D eigenvalue weighted by Crippen LogP contribution is 2.23. The van der Waals surface area contributed by atoms with Gasteiger partial charge in [-0.15, -0.1) is 10.2 Å². The fourth-order valence-corrected chi connectivity index (χ4v) is 3.03. The van der Waals surface area contributed by atoms with Crippen molar-refractivity contribution in [3.8, 4) is 11.4 Å². The van der Waals surface area contributed by atoms with Gasteiger partial charge in [0.05, 0.1) is 5.75 Å². The molecule has 0 aliphatic rings. The van der Waals surface area contributed by atoms with E-state index in [4.69, 9.17) is 0 Å². The van der Waals surface area contributed by atoms with Gasteiger partial charge < -0.3 is 9.88 Å². The maximum absolute atomic E-state index is 12.5. The minimum absolute atomic E-state index is 0.0788. The molecule has 2 aromatic carbocycles. The maximum Gasteiger partial charge on any atom is 0.263 e. The third-order valence-electron chi connectivity index (χ3n) is 3.65. The first-order chi connectivity index (χ1) is 12.5. The van der Waals surface area contributed by atoms with Gasteiger partial charge in [0.25, 0.3) is 6.43 Å². The number of carbonyl (C=O) groups excluding carboxylic acids is 1. The molecule has 0 fully saturated rings. The van der Waals surface area contributed by atoms with Crippen molar-refractivity contribution in [3.05, 3.63) is 60.2 Å². The first kappa shape index (κ1) is 18.1. The highest BCUT2D eigenvalue weighted by molar-refractivity contribution is 7.99. The average Bonchev–Trinajstić information content (AvgIpc) is 3.02. The summed E-state index contributed by atoms with van der Waals surface area (Å²) in [4.78, 5) is 12.1. The van der Waals surface area contributed by atoms with Crippen LogP contribution < -0.4 is 5.32 Å². The van der Waals surface area contributed by atoms with Crippen LogP contribution in [-0.2, 0) is 11.8 Å². The van der Waals surface area contributed by atoms with E-state index >= 15 is 0 Å². The van der Waals surface area contributed by atoms with Crippen molar-refractivity contribution in [2.24, 2.45) is 7.05 Å². The van der Waals surface area contributed by atoms with Gasteiger partial charge in [-0.2, -0.15) is 0 Å². The number of hydrogen-bond acceptors (Lipinski definition) is 4. The molecular formula is C18H16F2N4OS. The summed E-state index contributed by atoms with van der Waals surface area (Å²) in [5, 5.41) is 11.6. The van der Waals surface area contributed by atoms with Crippen molar-refractivity contribution in [1.82, 2.24) is 14.8 Å². The van der Waals surface area contributed by atoms with Gasteiger partial charge in [-0.05, 0) is 12.1 Å². The third-order valence-corrected chi connectivity index (χ3v) is 4.67. The van der Waals surface area contributed by atoms with Gasteiger partial charge in [-0.25, -0.2) is 8.78 Å². The number of rotatable bonds is 6. The van der Waals surface area contributed by atoms with Crippen molar-refractivity contribution in [1.29, 1.82) is 0 Å². The van der Waals surface area contributed by atoms with Gasteiger partial charge in [0.2, 0.25) is 5.91 Å². The summed E-state index contributed by atoms with van der Waals surface area (Å²) >= 11 is 1.26. The molecule has 0 spiro atoms. The Morgan fingerprint density at radius 2 is 1.81 bits per heavy atom. The summed E-state index contributed by atoms with van der Waals surface area (Å²) in [6.07, 6.45) is -2.52. The molecule has 3 rings (SSSR count). The van der Waals surface area contributed by atoms with Crippen LogP contribution in [0.2, 0.25) is 0 Å². The van der Waals surface area contributed by atoms with E-state index in [9.17, 15) is 13.6 Å². The van der Waals surface area contributed by atoms with E-state index in [0.717, 1.165) is 11.4 Å². The van der Waals surface area contributed by atoms with E-state index in [1.165, 1.54) is 36.0 Å². The fraction of sp³-hybridized carbons (Fsp3) is 0.167. The van der Waals surface area contributed by atoms with Crippen molar-refractivity contribution in [3.63, 3.8) is 0 Å². The molecule has 0 atom stereocenters. The Hall–Kier alpha value is -2.74. The lowest BCUT2D eigenvalue weighted by molar-refractivity contribution is -0.113. The summed E-state index contributed by atoms with van der Waals surface area (Å²) < 4.78 is 26.9. The summed E-state index contributed by atoms with van der Waals surface area (Å²) in [6.45, 7) is 0. The molecule has 0 bridgehead atoms. The number of anilines is 1. The molecule has 1 heterocycles. The maximum atomic E-state index is 12.5. The van der Waals surface area contributed by atoms with Crippen molar-refractivity contribution < 1.29 is 13.6 Å². The predicted molar refractivity (Wildman–Crippen MR) is 97.2 cm³/mol. The number of amides is 1. The molecule has 3 aromatic rings. The fourth-order valence-electron chi connectivity index (χ4n) is 2.32. The molecule has 134 valence electrons. The topological polar surface area (TPSA) is 59.8 Å². The van der Waals surface area contributed by atoms with E-state index in [0.29, 0.717) is 10.8 Å². The summed E-state index contributed by atoms with van der Waals surface area (Å²) in [5.41, 5.74) is 1.34. The monoisotopic (exact) mass is 374 g/mol. The molecular weight excluding hydrogens is 358 g/mol. The first-order valence-electron chi connectivity index (χ1n) is 7.80. The smallest absolute Gasteiger partial charge is 0.263 e. The Labute approximate surface area is 153 Å². The number of hydrogen-bond donors (Lipinski definition) is 1. The number of halogens is 2. The van der Waals surface area contributed by atoms with Crippen LogP contribution in [0.25, 0.3) is 11.4 Å². The molecule has 0 radical (unpaired) electrons. The molecule has 1 amide bonds. The third kappa shape index (κ3) is 4.26. The lowest BCUT2D eigenvalue weighted by Crippen LogP contribution is -2.14. The number of carbonyl (C=O) groups is 1. The van der Waals surface area contributed by atoms with Crippen LogP contribution >= 0.6 is 11.8 Å². The lowest BCUT2D eigenvalue weighted by atomic mass is 10.2. The Bertz CT molecular complexity index is 882. The molecule has 0 aliphatic carbocycles. The normalized spacial score (nSPS) is 10.9. The molecule has 26 heavy (non-hydrogen) atoms. The predicted octanol–water partition coefficient (Wildman–Crippen LogP) is 4.15. The second-order valence-corrected chi connectivity index (χ2v) is 6.43. The highest BCUT2D eigenvalue weighted by Gasteiger charge is 2.13. The van der Waals surface area contributed by atoms with Gasteiger partial charge in [0, 0.05) is 23.9 Å². The van der Waals surface area contributed by atoms with E-state index in [1.54, 1.807) is 0 Å². The number of nitrogens with one attached hydrogen (secondary N) is 1. The van der Waals surface area contributed by atoms with Crippen LogP contribution in [0, 0.1) is 0 Å². The number of benzene rings is 2. The van der Waals surface area contributed by atoms with Crippen molar-refractivity contribution in [2.75, 3.05) is 11.1 Å². The largest absolute Gasteiger partial charge is 0.325 e. The van der Waals surface area contributed by atoms with Crippen molar-refractivity contribution in [2.45, 2.75) is 11.6 Å². The summed E-state index contributed by atoms with van der Waals surface area (Å²) in [7, 11) is 1.84. The molecule has 0 aliphatic heterocycles. The van der Waals surface area contributed by atoms with E-state index in [2.05, 4.69) is 15.5 Å². The SMILES string of the molecule is Cn1c(SCC(=O)Nc2ccc(C(F)F)cc2)nnc1-c1ccccc1. The standard InChI is InChI=1S/C18H16F2N4OS/c1-24-17(13-5-3-2-4-6-13)22-23-18(24)26-11-15(25)21-14-9-7-12(8-10-14)16(19)20/h2-10,16H,11H2,1H3,(H,21,25). The van der Waals surface area contributed by atoms with Crippen LogP contribution in [0.15, 0.2) is 59.8 Å². The number of thioether (sulfide) groups is 1. The molecule has 0 saturated heterocycles. The molecule has 0 unspecified atom stereocenters. The van der Waals surface area contributed by atoms with Crippen LogP contribution in [0.5, 0.6) is 0 Å². The first-order valence-corrected chi connectivity index (χ1v) is 8.78. The lowest BCUT2D eigenvalue weighted by Gasteiger charge is -2.06. The van der Waals surface area contributed by atoms with Gasteiger partial charge in [0.15, 0.2) is 11.0 Å². The Balaban J connectivity index is 1.59. The zero-order chi connectivity index (χ0) is 18.5. The zero-order valence-electron chi connectivity index (χ0n) is 13.9. The van der Waals surface area contributed by atoms with E-state index in [1.807, 2.05) is 41.9 Å².